The van der Waals surface area contributed by atoms with E-state index >= 15 is 0 Å². The van der Waals surface area contributed by atoms with Gasteiger partial charge in [-0.1, -0.05) is 25.0 Å². The third kappa shape index (κ3) is 25.7. The largest absolute Gasteiger partial charge is 0.465 e. The monoisotopic (exact) mass is 1160 g/mol. The normalized spacial score (nSPS) is 17.4. The summed E-state index contributed by atoms with van der Waals surface area (Å²) in [7, 11) is 1.03. The fourth-order valence-electron chi connectivity index (χ4n) is 8.01. The average Bonchev–Trinajstić information content (AvgIpc) is 3.41. The Morgan fingerprint density at radius 1 is 0.695 bits per heavy atom. The van der Waals surface area contributed by atoms with Crippen molar-refractivity contribution in [2.75, 3.05) is 110 Å². The van der Waals surface area contributed by atoms with Crippen LogP contribution in [0.15, 0.2) is 33.9 Å². The molecule has 0 radical (unpaired) electrons. The average molecular weight is 1160 g/mol. The number of hydrogen-bond acceptors (Lipinski definition) is 25. The topological polar surface area (TPSA) is 365 Å². The van der Waals surface area contributed by atoms with Gasteiger partial charge in [0.1, 0.15) is 29.2 Å². The van der Waals surface area contributed by atoms with Crippen molar-refractivity contribution in [1.82, 2.24) is 16.0 Å². The smallest absolute Gasteiger partial charge is 0.407 e. The van der Waals surface area contributed by atoms with Crippen LogP contribution in [0, 0.1) is 11.3 Å². The lowest BCUT2D eigenvalue weighted by Crippen LogP contribution is -2.70. The number of carbonyl (C=O) groups is 8. The van der Waals surface area contributed by atoms with Crippen LogP contribution in [0.25, 0.3) is 0 Å². The van der Waals surface area contributed by atoms with Gasteiger partial charge >= 0.3 is 35.9 Å². The van der Waals surface area contributed by atoms with Crippen LogP contribution in [0.3, 0.4) is 0 Å². The number of nitriles is 1. The Morgan fingerprint density at radius 2 is 1.27 bits per heavy atom. The van der Waals surface area contributed by atoms with Gasteiger partial charge in [0.2, 0.25) is 5.91 Å². The first-order valence-corrected chi connectivity index (χ1v) is 26.7. The summed E-state index contributed by atoms with van der Waals surface area (Å²) in [4.78, 5) is 127. The van der Waals surface area contributed by atoms with E-state index in [1.165, 1.54) is 12.1 Å². The minimum atomic E-state index is -2.44. The molecule has 0 bridgehead atoms. The molecular formula is C54H78N6O22. The molecule has 1 aliphatic heterocycles. The predicted molar refractivity (Wildman–Crippen MR) is 288 cm³/mol. The molecule has 0 aliphatic carbocycles. The summed E-state index contributed by atoms with van der Waals surface area (Å²) in [6, 6.07) is 6.60. The van der Waals surface area contributed by atoms with E-state index in [2.05, 4.69) is 26.6 Å². The van der Waals surface area contributed by atoms with Gasteiger partial charge in [-0.05, 0) is 51.3 Å². The summed E-state index contributed by atoms with van der Waals surface area (Å²) >= 11 is 0. The van der Waals surface area contributed by atoms with Gasteiger partial charge in [-0.25, -0.2) is 9.59 Å². The predicted octanol–water partition coefficient (Wildman–Crippen LogP) is 1.01. The number of anilines is 2. The molecule has 0 unspecified atom stereocenters. The first kappa shape index (κ1) is 69.0. The number of hydrogen-bond donors (Lipinski definition) is 5. The van der Waals surface area contributed by atoms with Gasteiger partial charge in [0, 0.05) is 47.3 Å². The van der Waals surface area contributed by atoms with E-state index in [0.717, 1.165) is 34.8 Å². The molecule has 3 rings (SSSR count). The van der Waals surface area contributed by atoms with Crippen molar-refractivity contribution >= 4 is 59.1 Å². The lowest BCUT2D eigenvalue weighted by atomic mass is 9.87. The van der Waals surface area contributed by atoms with Crippen LogP contribution in [0.2, 0.25) is 0 Å². The fraction of sp³-hybridized carbons (Fsp3) is 0.648. The maximum atomic E-state index is 13.9. The summed E-state index contributed by atoms with van der Waals surface area (Å²) < 4.78 is 66.6. The Balaban J connectivity index is 1.57. The quantitative estimate of drug-likeness (QED) is 0.0271. The molecule has 0 aromatic heterocycles. The van der Waals surface area contributed by atoms with Gasteiger partial charge < -0.3 is 83.4 Å². The highest BCUT2D eigenvalue weighted by Crippen LogP contribution is 2.37. The van der Waals surface area contributed by atoms with Crippen LogP contribution < -0.4 is 37.4 Å². The molecule has 456 valence electrons. The molecule has 82 heavy (non-hydrogen) atoms. The van der Waals surface area contributed by atoms with Crippen LogP contribution in [0.4, 0.5) is 16.2 Å². The molecule has 28 heteroatoms. The highest BCUT2D eigenvalue weighted by Gasteiger charge is 2.59. The zero-order chi connectivity index (χ0) is 60.7. The number of unbranched alkanes of at least 4 members (excludes halogenated alkanes) is 3. The zero-order valence-electron chi connectivity index (χ0n) is 47.8. The van der Waals surface area contributed by atoms with Crippen LogP contribution in [0.1, 0.15) is 91.7 Å². The van der Waals surface area contributed by atoms with Crippen molar-refractivity contribution in [3.8, 4) is 6.07 Å². The molecule has 0 spiro atoms. The van der Waals surface area contributed by atoms with Gasteiger partial charge in [-0.2, -0.15) is 5.26 Å². The molecule has 2 aromatic carbocycles. The van der Waals surface area contributed by atoms with Crippen molar-refractivity contribution in [1.29, 1.82) is 5.26 Å². The van der Waals surface area contributed by atoms with Crippen LogP contribution in [-0.4, -0.2) is 189 Å². The van der Waals surface area contributed by atoms with E-state index in [-0.39, 0.29) is 44.2 Å². The highest BCUT2D eigenvalue weighted by molar-refractivity contribution is 5.81. The van der Waals surface area contributed by atoms with Gasteiger partial charge in [0.25, 0.3) is 22.6 Å². The summed E-state index contributed by atoms with van der Waals surface area (Å²) in [5.74, 6) is -8.71. The first-order valence-electron chi connectivity index (χ1n) is 26.7. The van der Waals surface area contributed by atoms with Gasteiger partial charge in [0.15, 0.2) is 18.8 Å². The second-order valence-corrected chi connectivity index (χ2v) is 19.5. The number of ether oxygens (including phenoxy) is 12. The Labute approximate surface area is 475 Å². The Kier molecular flexibility index (Phi) is 30.5. The second kappa shape index (κ2) is 36.2. The van der Waals surface area contributed by atoms with Crippen LogP contribution in [0.5, 0.6) is 0 Å². The Hall–Kier alpha value is -7.29. The number of methoxy groups -OCH3 is 1. The van der Waals surface area contributed by atoms with Gasteiger partial charge in [-0.3, -0.25) is 38.4 Å². The first-order chi connectivity index (χ1) is 39.0. The number of esters is 5. The molecule has 3 amide bonds. The maximum Gasteiger partial charge on any atom is 0.407 e. The fourth-order valence-corrected chi connectivity index (χ4v) is 8.01. The van der Waals surface area contributed by atoms with E-state index in [1.807, 2.05) is 6.07 Å². The molecule has 1 heterocycles. The van der Waals surface area contributed by atoms with E-state index in [1.54, 1.807) is 32.9 Å². The number of rotatable bonds is 38. The number of nitrogens with one attached hydrogen (secondary N) is 5. The minimum Gasteiger partial charge on any atom is -0.465 e. The standard InChI is InChI=1S/C54H78N6O22/c1-34(61)76-33-43(66)60-44-40(78-35(2)62)30-54(51(69)71-8,81-50(44)49(80-37(4)64)41(79-36(3)63)32-59-42(65)29-38-13-15-39(31-55)16-14-38)77-20-12-10-9-11-17-56-45-46(48(68)47(45)67)57-18-21-72-23-25-74-27-28-75-26-24-73-22-19-58-52(70)82-53(5,6)7/h13-16,40-41,44,49-50,56-57H,9-12,17-30,32-33H2,1-8H3,(H,58,70)(H,59,65)(H,60,66)/t40-,41+,44+,49+,50+,54+/m0/s1. The lowest BCUT2D eigenvalue weighted by Gasteiger charge is -2.48. The Bertz CT molecular complexity index is 2510. The number of amides is 3. The lowest BCUT2D eigenvalue weighted by molar-refractivity contribution is -0.313. The van der Waals surface area contributed by atoms with Crippen LogP contribution >= 0.6 is 0 Å². The molecule has 1 aliphatic rings. The minimum absolute atomic E-state index is 0.149. The highest BCUT2D eigenvalue weighted by atomic mass is 16.7. The van der Waals surface area contributed by atoms with Crippen molar-refractivity contribution < 1.29 is 95.2 Å². The number of nitrogens with zero attached hydrogens (tertiary/aromatic N) is 1. The third-order valence-corrected chi connectivity index (χ3v) is 11.6. The summed E-state index contributed by atoms with van der Waals surface area (Å²) in [5, 5.41) is 22.9. The third-order valence-electron chi connectivity index (χ3n) is 11.6. The molecule has 6 atom stereocenters. The zero-order valence-corrected chi connectivity index (χ0v) is 47.8. The molecular weight excluding hydrogens is 1080 g/mol. The molecule has 28 nitrogen and oxygen atoms in total. The summed E-state index contributed by atoms with van der Waals surface area (Å²) in [6.45, 7) is 11.3. The molecule has 1 saturated heterocycles. The van der Waals surface area contributed by atoms with Crippen molar-refractivity contribution in [2.45, 2.75) is 129 Å². The summed E-state index contributed by atoms with van der Waals surface area (Å²) in [6.07, 6.45) is -6.18. The van der Waals surface area contributed by atoms with E-state index in [4.69, 9.17) is 62.1 Å². The van der Waals surface area contributed by atoms with E-state index in [9.17, 15) is 47.9 Å². The molecule has 2 aromatic rings. The van der Waals surface area contributed by atoms with E-state index in [0.29, 0.717) is 89.5 Å². The van der Waals surface area contributed by atoms with Crippen molar-refractivity contribution in [2.24, 2.45) is 0 Å². The Morgan fingerprint density at radius 3 is 1.82 bits per heavy atom. The summed E-state index contributed by atoms with van der Waals surface area (Å²) in [5.41, 5.74) is -0.709. The molecule has 1 fully saturated rings. The molecule has 0 saturated carbocycles. The molecule has 5 N–H and O–H groups in total. The van der Waals surface area contributed by atoms with Crippen LogP contribution in [-0.2, 0) is 96.8 Å². The van der Waals surface area contributed by atoms with Gasteiger partial charge in [-0.15, -0.1) is 0 Å². The van der Waals surface area contributed by atoms with Crippen molar-refractivity contribution in [3.05, 3.63) is 55.8 Å². The SMILES string of the molecule is COC(=O)[C@@]1(OCCCCCCNc2c(NCCOCCOCCOCCOCCNC(=O)OC(C)(C)C)c(=O)c2=O)C[C@H](OC(C)=O)[C@@H](NC(=O)COC(C)=O)[C@H]([C@H](OC(C)=O)[C@@H](CNC(=O)Cc2ccc(C#N)cc2)OC(C)=O)O1. The van der Waals surface area contributed by atoms with E-state index < -0.39 is 120 Å². The maximum absolute atomic E-state index is 13.9. The van der Waals surface area contributed by atoms with Gasteiger partial charge in [0.05, 0.1) is 104 Å². The number of benzene rings is 1. The number of carbonyl (C=O) groups excluding carboxylic acids is 8. The number of alkyl carbamates (subject to hydrolysis) is 1. The second-order valence-electron chi connectivity index (χ2n) is 19.5. The van der Waals surface area contributed by atoms with Crippen molar-refractivity contribution in [3.63, 3.8) is 0 Å².